The Morgan fingerprint density at radius 1 is 0.533 bits per heavy atom. The lowest BCUT2D eigenvalue weighted by atomic mass is 9.94. The molecule has 0 radical (unpaired) electrons. The maximum Gasteiger partial charge on any atom is -0.0443 e. The number of hydrogen-bond acceptors (Lipinski definition) is 0. The van der Waals surface area contributed by atoms with Gasteiger partial charge in [-0.3, -0.25) is 0 Å². The van der Waals surface area contributed by atoms with Crippen molar-refractivity contribution in [3.63, 3.8) is 0 Å². The molecule has 0 N–H and O–H groups in total. The zero-order valence-electron chi connectivity index (χ0n) is 11.7. The first-order valence-electron chi connectivity index (χ1n) is 7.02. The third kappa shape index (κ3) is 11.9. The van der Waals surface area contributed by atoms with E-state index in [4.69, 9.17) is 0 Å². The Bertz CT molecular complexity index is 124. The normalized spacial score (nSPS) is 13.8. The van der Waals surface area contributed by atoms with Gasteiger partial charge in [0.25, 0.3) is 0 Å². The highest BCUT2D eigenvalue weighted by Gasteiger charge is 2.03. The van der Waals surface area contributed by atoms with Gasteiger partial charge < -0.3 is 0 Å². The highest BCUT2D eigenvalue weighted by molar-refractivity contribution is 4.56. The average Bonchev–Trinajstić information content (AvgIpc) is 2.11. The fourth-order valence-corrected chi connectivity index (χ4v) is 2.06. The van der Waals surface area contributed by atoms with Crippen LogP contribution < -0.4 is 0 Å². The predicted octanol–water partition coefficient (Wildman–Crippen LogP) is 5.67. The molecule has 0 aromatic rings. The van der Waals surface area contributed by atoms with Gasteiger partial charge in [0.05, 0.1) is 0 Å². The third-order valence-corrected chi connectivity index (χ3v) is 3.21. The summed E-state index contributed by atoms with van der Waals surface area (Å²) in [5.74, 6) is 2.73. The Morgan fingerprint density at radius 2 is 0.933 bits per heavy atom. The molecule has 0 spiro atoms. The van der Waals surface area contributed by atoms with E-state index in [0.29, 0.717) is 0 Å². The quantitative estimate of drug-likeness (QED) is 0.432. The zero-order valence-corrected chi connectivity index (χ0v) is 11.7. The van der Waals surface area contributed by atoms with E-state index < -0.39 is 0 Å². The molecule has 0 heterocycles. The van der Waals surface area contributed by atoms with Crippen LogP contribution in [0.15, 0.2) is 0 Å². The van der Waals surface area contributed by atoms with Crippen molar-refractivity contribution in [1.29, 1.82) is 0 Å². The molecule has 1 atom stereocenters. The molecule has 0 saturated carbocycles. The van der Waals surface area contributed by atoms with Crippen LogP contribution in [-0.4, -0.2) is 0 Å². The van der Waals surface area contributed by atoms with Crippen LogP contribution in [0.5, 0.6) is 0 Å². The molecule has 0 aliphatic carbocycles. The minimum absolute atomic E-state index is 0.887. The second-order valence-corrected chi connectivity index (χ2v) is 6.11. The van der Waals surface area contributed by atoms with Crippen LogP contribution in [0.25, 0.3) is 0 Å². The van der Waals surface area contributed by atoms with Gasteiger partial charge in [0.15, 0.2) is 0 Å². The van der Waals surface area contributed by atoms with Crippen molar-refractivity contribution in [3.05, 3.63) is 0 Å². The van der Waals surface area contributed by atoms with Crippen molar-refractivity contribution < 1.29 is 0 Å². The van der Waals surface area contributed by atoms with Gasteiger partial charge in [-0.1, -0.05) is 79.6 Å². The maximum absolute atomic E-state index is 2.43. The lowest BCUT2D eigenvalue weighted by Gasteiger charge is -2.12. The Labute approximate surface area is 97.8 Å². The molecule has 0 unspecified atom stereocenters. The van der Waals surface area contributed by atoms with E-state index in [1.165, 1.54) is 44.9 Å². The second kappa shape index (κ2) is 9.24. The molecule has 0 rings (SSSR count). The molecule has 0 heteroatoms. The van der Waals surface area contributed by atoms with E-state index in [2.05, 4.69) is 34.6 Å². The van der Waals surface area contributed by atoms with Gasteiger partial charge in [-0.25, -0.2) is 0 Å². The van der Waals surface area contributed by atoms with Crippen molar-refractivity contribution in [2.75, 3.05) is 0 Å². The van der Waals surface area contributed by atoms with E-state index in [9.17, 15) is 0 Å². The van der Waals surface area contributed by atoms with Crippen LogP contribution in [0.2, 0.25) is 0 Å². The lowest BCUT2D eigenvalue weighted by Crippen LogP contribution is -1.97. The van der Waals surface area contributed by atoms with Crippen LogP contribution in [0.1, 0.15) is 79.6 Å². The van der Waals surface area contributed by atoms with Gasteiger partial charge >= 0.3 is 0 Å². The fourth-order valence-electron chi connectivity index (χ4n) is 2.06. The van der Waals surface area contributed by atoms with E-state index in [0.717, 1.165) is 17.8 Å². The minimum Gasteiger partial charge on any atom is -0.0628 e. The molecular formula is C15H32. The fraction of sp³-hybridized carbons (Fsp3) is 1.00. The van der Waals surface area contributed by atoms with Gasteiger partial charge in [0.1, 0.15) is 0 Å². The van der Waals surface area contributed by atoms with Crippen LogP contribution in [-0.2, 0) is 0 Å². The summed E-state index contributed by atoms with van der Waals surface area (Å²) in [7, 11) is 0. The topological polar surface area (TPSA) is 0 Å². The zero-order chi connectivity index (χ0) is 11.7. The summed E-state index contributed by atoms with van der Waals surface area (Å²) in [5, 5.41) is 0. The first-order valence-corrected chi connectivity index (χ1v) is 7.02. The highest BCUT2D eigenvalue weighted by Crippen LogP contribution is 2.18. The van der Waals surface area contributed by atoms with Crippen molar-refractivity contribution >= 4 is 0 Å². The lowest BCUT2D eigenvalue weighted by molar-refractivity contribution is 0.411. The van der Waals surface area contributed by atoms with Crippen molar-refractivity contribution in [2.24, 2.45) is 17.8 Å². The van der Waals surface area contributed by atoms with Crippen LogP contribution in [0, 0.1) is 17.8 Å². The van der Waals surface area contributed by atoms with E-state index in [1.54, 1.807) is 0 Å². The SMILES string of the molecule is CC(C)CCCC[C@H](C)CCCC(C)C. The molecule has 0 aliphatic rings. The van der Waals surface area contributed by atoms with Gasteiger partial charge in [-0.15, -0.1) is 0 Å². The molecular weight excluding hydrogens is 180 g/mol. The molecule has 0 aromatic carbocycles. The van der Waals surface area contributed by atoms with Gasteiger partial charge in [0, 0.05) is 0 Å². The Balaban J connectivity index is 3.22. The van der Waals surface area contributed by atoms with Crippen LogP contribution >= 0.6 is 0 Å². The molecule has 0 aliphatic heterocycles. The molecule has 0 saturated heterocycles. The van der Waals surface area contributed by atoms with E-state index >= 15 is 0 Å². The summed E-state index contributed by atoms with van der Waals surface area (Å²) in [4.78, 5) is 0. The van der Waals surface area contributed by atoms with Crippen molar-refractivity contribution in [2.45, 2.75) is 79.6 Å². The standard InChI is InChI=1S/C15H32/c1-13(2)9-6-7-11-15(5)12-8-10-14(3)4/h13-15H,6-12H2,1-5H3/t15-/m0/s1. The largest absolute Gasteiger partial charge is 0.0628 e. The van der Waals surface area contributed by atoms with E-state index in [-0.39, 0.29) is 0 Å². The van der Waals surface area contributed by atoms with Crippen LogP contribution in [0.3, 0.4) is 0 Å². The minimum atomic E-state index is 0.887. The van der Waals surface area contributed by atoms with Crippen molar-refractivity contribution in [3.8, 4) is 0 Å². The Morgan fingerprint density at radius 3 is 1.47 bits per heavy atom. The molecule has 0 fully saturated rings. The second-order valence-electron chi connectivity index (χ2n) is 6.11. The van der Waals surface area contributed by atoms with Crippen LogP contribution in [0.4, 0.5) is 0 Å². The molecule has 15 heavy (non-hydrogen) atoms. The molecule has 92 valence electrons. The summed E-state index contributed by atoms with van der Waals surface area (Å²) >= 11 is 0. The summed E-state index contributed by atoms with van der Waals surface area (Å²) in [6.45, 7) is 11.7. The summed E-state index contributed by atoms with van der Waals surface area (Å²) < 4.78 is 0. The first kappa shape index (κ1) is 15.0. The predicted molar refractivity (Wildman–Crippen MR) is 71.2 cm³/mol. The molecule has 0 aromatic heterocycles. The monoisotopic (exact) mass is 212 g/mol. The van der Waals surface area contributed by atoms with Gasteiger partial charge in [-0.2, -0.15) is 0 Å². The third-order valence-electron chi connectivity index (χ3n) is 3.21. The summed E-state index contributed by atoms with van der Waals surface area (Å²) in [5.41, 5.74) is 0. The van der Waals surface area contributed by atoms with Gasteiger partial charge in [-0.05, 0) is 17.8 Å². The Kier molecular flexibility index (Phi) is 9.24. The summed E-state index contributed by atoms with van der Waals surface area (Å²) in [6, 6.07) is 0. The molecule has 0 bridgehead atoms. The van der Waals surface area contributed by atoms with Gasteiger partial charge in [0.2, 0.25) is 0 Å². The number of unbranched alkanes of at least 4 members (excludes halogenated alkanes) is 1. The molecule has 0 amide bonds. The first-order chi connectivity index (χ1) is 7.02. The molecule has 0 nitrogen and oxygen atoms in total. The van der Waals surface area contributed by atoms with E-state index in [1.807, 2.05) is 0 Å². The highest BCUT2D eigenvalue weighted by atomic mass is 14.1. The average molecular weight is 212 g/mol. The number of rotatable bonds is 9. The van der Waals surface area contributed by atoms with Crippen molar-refractivity contribution in [1.82, 2.24) is 0 Å². The summed E-state index contributed by atoms with van der Waals surface area (Å²) in [6.07, 6.45) is 10.0. The maximum atomic E-state index is 2.43. The number of hydrogen-bond donors (Lipinski definition) is 0. The Hall–Kier alpha value is 0. The smallest absolute Gasteiger partial charge is 0.0443 e.